The summed E-state index contributed by atoms with van der Waals surface area (Å²) in [5.74, 6) is -0.497. The third-order valence-electron chi connectivity index (χ3n) is 5.03. The summed E-state index contributed by atoms with van der Waals surface area (Å²) >= 11 is 12.1. The third-order valence-corrected chi connectivity index (χ3v) is 5.77. The fourth-order valence-electron chi connectivity index (χ4n) is 3.57. The van der Waals surface area contributed by atoms with Gasteiger partial charge in [-0.1, -0.05) is 72.3 Å². The normalized spacial score (nSPS) is 16.0. The molecule has 0 spiro atoms. The molecule has 4 rings (SSSR count). The van der Waals surface area contributed by atoms with E-state index in [0.717, 1.165) is 5.56 Å². The van der Waals surface area contributed by atoms with E-state index < -0.39 is 6.04 Å². The number of carbonyl (C=O) groups is 2. The number of nitrogens with one attached hydrogen (secondary N) is 1. The van der Waals surface area contributed by atoms with Gasteiger partial charge < -0.3 is 10.2 Å². The van der Waals surface area contributed by atoms with Gasteiger partial charge in [0.15, 0.2) is 5.11 Å². The van der Waals surface area contributed by atoms with Gasteiger partial charge in [0.1, 0.15) is 6.04 Å². The second-order valence-corrected chi connectivity index (χ2v) is 7.92. The van der Waals surface area contributed by atoms with Gasteiger partial charge in [-0.15, -0.1) is 0 Å². The van der Waals surface area contributed by atoms with Crippen molar-refractivity contribution in [1.29, 1.82) is 0 Å². The van der Waals surface area contributed by atoms with E-state index in [9.17, 15) is 9.59 Å². The number of para-hydroxylation sites is 2. The maximum Gasteiger partial charge on any atom is 0.252 e. The summed E-state index contributed by atoms with van der Waals surface area (Å²) in [4.78, 5) is 29.4. The lowest BCUT2D eigenvalue weighted by Crippen LogP contribution is -2.38. The maximum absolute atomic E-state index is 13.4. The van der Waals surface area contributed by atoms with Crippen LogP contribution in [0.25, 0.3) is 0 Å². The molecule has 1 aliphatic heterocycles. The van der Waals surface area contributed by atoms with E-state index >= 15 is 0 Å². The van der Waals surface area contributed by atoms with Crippen molar-refractivity contribution >= 4 is 52.1 Å². The molecule has 1 aliphatic rings. The summed E-state index contributed by atoms with van der Waals surface area (Å²) in [6.07, 6.45) is -0.0512. The molecule has 0 bridgehead atoms. The number of hydrogen-bond acceptors (Lipinski definition) is 3. The number of halogens is 1. The highest BCUT2D eigenvalue weighted by Crippen LogP contribution is 2.34. The lowest BCUT2D eigenvalue weighted by molar-refractivity contribution is -0.129. The van der Waals surface area contributed by atoms with E-state index in [2.05, 4.69) is 5.32 Å². The van der Waals surface area contributed by atoms with Crippen LogP contribution in [0.2, 0.25) is 5.02 Å². The number of anilines is 2. The molecule has 3 aromatic carbocycles. The van der Waals surface area contributed by atoms with Crippen LogP contribution in [0.15, 0.2) is 84.9 Å². The van der Waals surface area contributed by atoms with Crippen LogP contribution in [-0.4, -0.2) is 27.9 Å². The maximum atomic E-state index is 13.4. The SMILES string of the molecule is O=C(CC1C(=O)N(Cc2ccccc2)C(=S)N1c1ccccc1Cl)Nc1ccccc1. The highest BCUT2D eigenvalue weighted by atomic mass is 35.5. The minimum Gasteiger partial charge on any atom is -0.326 e. The smallest absolute Gasteiger partial charge is 0.252 e. The van der Waals surface area contributed by atoms with Crippen molar-refractivity contribution in [3.63, 3.8) is 0 Å². The fraction of sp³-hybridized carbons (Fsp3) is 0.125. The Balaban J connectivity index is 1.62. The van der Waals surface area contributed by atoms with Crippen molar-refractivity contribution in [1.82, 2.24) is 4.90 Å². The summed E-state index contributed by atoms with van der Waals surface area (Å²) in [7, 11) is 0. The molecule has 1 N–H and O–H groups in total. The largest absolute Gasteiger partial charge is 0.326 e. The summed E-state index contributed by atoms with van der Waals surface area (Å²) in [6.45, 7) is 0.330. The van der Waals surface area contributed by atoms with Crippen molar-refractivity contribution in [2.45, 2.75) is 19.0 Å². The highest BCUT2D eigenvalue weighted by Gasteiger charge is 2.44. The Kier molecular flexibility index (Phi) is 6.30. The molecule has 1 saturated heterocycles. The molecule has 1 heterocycles. The zero-order valence-corrected chi connectivity index (χ0v) is 18.1. The zero-order valence-electron chi connectivity index (χ0n) is 16.6. The first-order valence-corrected chi connectivity index (χ1v) is 10.6. The quantitative estimate of drug-likeness (QED) is 0.545. The molecule has 31 heavy (non-hydrogen) atoms. The molecule has 0 saturated carbocycles. The molecule has 0 aliphatic carbocycles. The van der Waals surface area contributed by atoms with Crippen LogP contribution in [0.1, 0.15) is 12.0 Å². The first kappa shape index (κ1) is 21.0. The number of amides is 2. The van der Waals surface area contributed by atoms with E-state index in [0.29, 0.717) is 28.1 Å². The number of hydrogen-bond donors (Lipinski definition) is 1. The summed E-state index contributed by atoms with van der Waals surface area (Å²) in [5, 5.41) is 3.64. The van der Waals surface area contributed by atoms with Gasteiger partial charge in [-0.25, -0.2) is 0 Å². The zero-order chi connectivity index (χ0) is 21.8. The van der Waals surface area contributed by atoms with Gasteiger partial charge in [-0.05, 0) is 42.0 Å². The van der Waals surface area contributed by atoms with Crippen LogP contribution >= 0.6 is 23.8 Å². The monoisotopic (exact) mass is 449 g/mol. The lowest BCUT2D eigenvalue weighted by atomic mass is 10.1. The molecule has 0 aromatic heterocycles. The van der Waals surface area contributed by atoms with Crippen molar-refractivity contribution in [2.75, 3.05) is 10.2 Å². The van der Waals surface area contributed by atoms with Crippen molar-refractivity contribution < 1.29 is 9.59 Å². The Labute approximate surface area is 191 Å². The second-order valence-electron chi connectivity index (χ2n) is 7.15. The van der Waals surface area contributed by atoms with Gasteiger partial charge >= 0.3 is 0 Å². The number of benzene rings is 3. The number of thiocarbonyl (C=S) groups is 1. The van der Waals surface area contributed by atoms with Gasteiger partial charge in [-0.3, -0.25) is 14.5 Å². The first-order valence-electron chi connectivity index (χ1n) is 9.82. The van der Waals surface area contributed by atoms with Crippen LogP contribution in [0, 0.1) is 0 Å². The predicted molar refractivity (Wildman–Crippen MR) is 127 cm³/mol. The number of nitrogens with zero attached hydrogens (tertiary/aromatic N) is 2. The molecule has 156 valence electrons. The minimum atomic E-state index is -0.778. The minimum absolute atomic E-state index is 0.0512. The molecule has 1 atom stereocenters. The van der Waals surface area contributed by atoms with Crippen LogP contribution in [0.5, 0.6) is 0 Å². The topological polar surface area (TPSA) is 52.7 Å². The number of carbonyl (C=O) groups excluding carboxylic acids is 2. The van der Waals surface area contributed by atoms with Gasteiger partial charge in [0.05, 0.1) is 23.7 Å². The fourth-order valence-corrected chi connectivity index (χ4v) is 4.17. The van der Waals surface area contributed by atoms with E-state index in [-0.39, 0.29) is 18.2 Å². The van der Waals surface area contributed by atoms with Gasteiger partial charge in [0, 0.05) is 5.69 Å². The van der Waals surface area contributed by atoms with E-state index in [4.69, 9.17) is 23.8 Å². The summed E-state index contributed by atoms with van der Waals surface area (Å²) in [6, 6.07) is 25.2. The molecule has 2 amide bonds. The second kappa shape index (κ2) is 9.29. The van der Waals surface area contributed by atoms with Crippen molar-refractivity contribution in [3.8, 4) is 0 Å². The Bertz CT molecular complexity index is 1110. The van der Waals surface area contributed by atoms with Gasteiger partial charge in [-0.2, -0.15) is 0 Å². The van der Waals surface area contributed by atoms with E-state index in [1.54, 1.807) is 29.2 Å². The lowest BCUT2D eigenvalue weighted by Gasteiger charge is -2.25. The summed E-state index contributed by atoms with van der Waals surface area (Å²) < 4.78 is 0. The van der Waals surface area contributed by atoms with Crippen molar-refractivity contribution in [3.05, 3.63) is 95.5 Å². The molecule has 3 aromatic rings. The Hall–Kier alpha value is -3.22. The average molecular weight is 450 g/mol. The number of rotatable bonds is 6. The molecule has 1 unspecified atom stereocenters. The first-order chi connectivity index (χ1) is 15.0. The Morgan fingerprint density at radius 1 is 0.935 bits per heavy atom. The molecular formula is C24H20ClN3O2S. The Morgan fingerprint density at radius 2 is 1.55 bits per heavy atom. The van der Waals surface area contributed by atoms with E-state index in [1.807, 2.05) is 60.7 Å². The summed E-state index contributed by atoms with van der Waals surface area (Å²) in [5.41, 5.74) is 2.23. The molecule has 7 heteroatoms. The van der Waals surface area contributed by atoms with Crippen LogP contribution < -0.4 is 10.2 Å². The standard InChI is InChI=1S/C24H20ClN3O2S/c25-19-13-7-8-14-20(19)28-21(15-22(29)26-18-11-5-2-6-12-18)23(30)27(24(28)31)16-17-9-3-1-4-10-17/h1-14,21H,15-16H2,(H,26,29). The van der Waals surface area contributed by atoms with Crippen LogP contribution in [0.3, 0.4) is 0 Å². The molecule has 5 nitrogen and oxygen atoms in total. The van der Waals surface area contributed by atoms with Crippen molar-refractivity contribution in [2.24, 2.45) is 0 Å². The van der Waals surface area contributed by atoms with Crippen LogP contribution in [0.4, 0.5) is 11.4 Å². The average Bonchev–Trinajstić information content (AvgIpc) is 3.00. The predicted octanol–water partition coefficient (Wildman–Crippen LogP) is 4.87. The van der Waals surface area contributed by atoms with Crippen LogP contribution in [-0.2, 0) is 16.1 Å². The van der Waals surface area contributed by atoms with E-state index in [1.165, 1.54) is 4.90 Å². The third kappa shape index (κ3) is 4.60. The highest BCUT2D eigenvalue weighted by molar-refractivity contribution is 7.80. The van der Waals surface area contributed by atoms with Gasteiger partial charge in [0.2, 0.25) is 5.91 Å². The van der Waals surface area contributed by atoms with Gasteiger partial charge in [0.25, 0.3) is 5.91 Å². The molecule has 1 fully saturated rings. The molecular weight excluding hydrogens is 430 g/mol. The Morgan fingerprint density at radius 3 is 2.23 bits per heavy atom. The molecule has 0 radical (unpaired) electrons.